The number of carbonyl (C=O) groups excluding carboxylic acids is 1. The van der Waals surface area contributed by atoms with Crippen LogP contribution in [-0.4, -0.2) is 47.7 Å². The summed E-state index contributed by atoms with van der Waals surface area (Å²) in [6.45, 7) is 8.69. The second-order valence-corrected chi connectivity index (χ2v) is 5.20. The molecule has 0 radical (unpaired) electrons. The minimum Gasteiger partial charge on any atom is -0.504 e. The van der Waals surface area contributed by atoms with E-state index >= 15 is 0 Å². The number of benzene rings is 1. The van der Waals surface area contributed by atoms with Gasteiger partial charge < -0.3 is 20.4 Å². The maximum absolute atomic E-state index is 11.8. The van der Waals surface area contributed by atoms with Crippen molar-refractivity contribution in [2.75, 3.05) is 26.7 Å². The van der Waals surface area contributed by atoms with E-state index in [-0.39, 0.29) is 23.0 Å². The number of amides is 1. The first-order valence-corrected chi connectivity index (χ1v) is 8.02. The summed E-state index contributed by atoms with van der Waals surface area (Å²) in [4.78, 5) is 14.0. The highest BCUT2D eigenvalue weighted by atomic mass is 16.3. The summed E-state index contributed by atoms with van der Waals surface area (Å²) in [7, 11) is 2.06. The van der Waals surface area contributed by atoms with Gasteiger partial charge in [0.15, 0.2) is 11.5 Å². The van der Waals surface area contributed by atoms with Crippen LogP contribution in [0.3, 0.4) is 0 Å². The minimum atomic E-state index is -0.370. The highest BCUT2D eigenvalue weighted by Gasteiger charge is 2.12. The Hall–Kier alpha value is -2.01. The summed E-state index contributed by atoms with van der Waals surface area (Å²) in [5, 5.41) is 21.6. The number of phenolic OH excluding ortho intramolecular Hbond substituents is 2. The lowest BCUT2D eigenvalue weighted by atomic mass is 10.1. The van der Waals surface area contributed by atoms with E-state index in [1.807, 2.05) is 26.0 Å². The van der Waals surface area contributed by atoms with E-state index in [2.05, 4.69) is 24.2 Å². The molecule has 1 amide bonds. The highest BCUT2D eigenvalue weighted by Crippen LogP contribution is 2.27. The molecule has 0 aliphatic heterocycles. The second-order valence-electron chi connectivity index (χ2n) is 5.20. The van der Waals surface area contributed by atoms with Gasteiger partial charge in [0.2, 0.25) is 0 Å². The summed E-state index contributed by atoms with van der Waals surface area (Å²) in [6, 6.07) is 4.35. The SMILES string of the molecule is C/C=C\C.CCN(C)CCCCNC(=O)c1cccc(O)c1O. The summed E-state index contributed by atoms with van der Waals surface area (Å²) >= 11 is 0. The Morgan fingerprint density at radius 2 is 1.87 bits per heavy atom. The van der Waals surface area contributed by atoms with Gasteiger partial charge in [-0.25, -0.2) is 0 Å². The smallest absolute Gasteiger partial charge is 0.255 e. The van der Waals surface area contributed by atoms with E-state index in [0.29, 0.717) is 6.54 Å². The number of para-hydroxylation sites is 1. The molecule has 1 rings (SSSR count). The molecule has 0 spiro atoms. The number of rotatable bonds is 7. The lowest BCUT2D eigenvalue weighted by Gasteiger charge is -2.13. The van der Waals surface area contributed by atoms with Crippen LogP contribution in [0.5, 0.6) is 11.5 Å². The van der Waals surface area contributed by atoms with Crippen LogP contribution in [0.2, 0.25) is 0 Å². The predicted molar refractivity (Wildman–Crippen MR) is 95.0 cm³/mol. The zero-order valence-electron chi connectivity index (χ0n) is 14.7. The molecule has 0 bridgehead atoms. The summed E-state index contributed by atoms with van der Waals surface area (Å²) < 4.78 is 0. The van der Waals surface area contributed by atoms with Crippen LogP contribution in [0.1, 0.15) is 44.0 Å². The van der Waals surface area contributed by atoms with Crippen LogP contribution in [0, 0.1) is 0 Å². The summed E-state index contributed by atoms with van der Waals surface area (Å²) in [6.07, 6.45) is 5.90. The van der Waals surface area contributed by atoms with Crippen LogP contribution in [0.4, 0.5) is 0 Å². The fourth-order valence-corrected chi connectivity index (χ4v) is 1.68. The maximum Gasteiger partial charge on any atom is 0.255 e. The van der Waals surface area contributed by atoms with E-state index in [4.69, 9.17) is 0 Å². The molecule has 0 saturated heterocycles. The van der Waals surface area contributed by atoms with Gasteiger partial charge in [-0.05, 0) is 59.0 Å². The Morgan fingerprint density at radius 1 is 1.22 bits per heavy atom. The van der Waals surface area contributed by atoms with Gasteiger partial charge in [0.25, 0.3) is 5.91 Å². The van der Waals surface area contributed by atoms with Gasteiger partial charge in [-0.2, -0.15) is 0 Å². The van der Waals surface area contributed by atoms with Crippen molar-refractivity contribution < 1.29 is 15.0 Å². The molecule has 0 aromatic heterocycles. The highest BCUT2D eigenvalue weighted by molar-refractivity contribution is 5.97. The molecule has 0 unspecified atom stereocenters. The van der Waals surface area contributed by atoms with E-state index in [1.165, 1.54) is 18.2 Å². The quantitative estimate of drug-likeness (QED) is 0.410. The first-order valence-electron chi connectivity index (χ1n) is 8.02. The van der Waals surface area contributed by atoms with Gasteiger partial charge >= 0.3 is 0 Å². The molecular formula is C18H30N2O3. The van der Waals surface area contributed by atoms with Gasteiger partial charge in [-0.15, -0.1) is 0 Å². The number of aromatic hydroxyl groups is 2. The Balaban J connectivity index is 0.00000108. The molecule has 5 nitrogen and oxygen atoms in total. The van der Waals surface area contributed by atoms with Gasteiger partial charge in [0, 0.05) is 6.54 Å². The van der Waals surface area contributed by atoms with Crippen molar-refractivity contribution in [2.45, 2.75) is 33.6 Å². The van der Waals surface area contributed by atoms with Crippen LogP contribution < -0.4 is 5.32 Å². The van der Waals surface area contributed by atoms with Crippen molar-refractivity contribution in [1.29, 1.82) is 0 Å². The average molecular weight is 322 g/mol. The largest absolute Gasteiger partial charge is 0.504 e. The Labute approximate surface area is 139 Å². The third kappa shape index (κ3) is 8.88. The number of hydrogen-bond acceptors (Lipinski definition) is 4. The van der Waals surface area contributed by atoms with Crippen LogP contribution in [0.15, 0.2) is 30.4 Å². The van der Waals surface area contributed by atoms with E-state index in [9.17, 15) is 15.0 Å². The number of phenols is 2. The van der Waals surface area contributed by atoms with Crippen LogP contribution in [-0.2, 0) is 0 Å². The molecule has 0 atom stereocenters. The van der Waals surface area contributed by atoms with Crippen molar-refractivity contribution in [1.82, 2.24) is 10.2 Å². The van der Waals surface area contributed by atoms with Crippen molar-refractivity contribution >= 4 is 5.91 Å². The number of carbonyl (C=O) groups is 1. The van der Waals surface area contributed by atoms with Crippen molar-refractivity contribution in [3.05, 3.63) is 35.9 Å². The fourth-order valence-electron chi connectivity index (χ4n) is 1.68. The Kier molecular flexibility index (Phi) is 11.4. The minimum absolute atomic E-state index is 0.102. The molecule has 0 fully saturated rings. The topological polar surface area (TPSA) is 72.8 Å². The number of nitrogens with one attached hydrogen (secondary N) is 1. The first-order chi connectivity index (χ1) is 11.0. The monoisotopic (exact) mass is 322 g/mol. The van der Waals surface area contributed by atoms with Crippen LogP contribution >= 0.6 is 0 Å². The first kappa shape index (κ1) is 21.0. The molecule has 130 valence electrons. The number of unbranched alkanes of at least 4 members (excludes halogenated alkanes) is 1. The molecule has 0 aliphatic carbocycles. The normalized spacial score (nSPS) is 10.5. The second kappa shape index (κ2) is 12.5. The Morgan fingerprint density at radius 3 is 2.43 bits per heavy atom. The van der Waals surface area contributed by atoms with Crippen LogP contribution in [0.25, 0.3) is 0 Å². The standard InChI is InChI=1S/C14H22N2O3.C4H8/c1-3-16(2)10-5-4-9-15-14(19)11-7-6-8-12(17)13(11)18;1-3-4-2/h6-8,17-18H,3-5,9-10H2,1-2H3,(H,15,19);3-4H,1-2H3/b;4-3-. The molecule has 23 heavy (non-hydrogen) atoms. The molecule has 1 aromatic rings. The lowest BCUT2D eigenvalue weighted by Crippen LogP contribution is -2.25. The summed E-state index contributed by atoms with van der Waals surface area (Å²) in [5.41, 5.74) is 0.102. The molecule has 0 heterocycles. The third-order valence-electron chi connectivity index (χ3n) is 3.38. The average Bonchev–Trinajstić information content (AvgIpc) is 2.56. The molecular weight excluding hydrogens is 292 g/mol. The van der Waals surface area contributed by atoms with E-state index in [1.54, 1.807) is 0 Å². The predicted octanol–water partition coefficient (Wildman–Crippen LogP) is 3.14. The maximum atomic E-state index is 11.8. The molecule has 3 N–H and O–H groups in total. The van der Waals surface area contributed by atoms with Gasteiger partial charge in [0.1, 0.15) is 0 Å². The van der Waals surface area contributed by atoms with Gasteiger partial charge in [-0.3, -0.25) is 4.79 Å². The van der Waals surface area contributed by atoms with Crippen molar-refractivity contribution in [3.8, 4) is 11.5 Å². The van der Waals surface area contributed by atoms with E-state index < -0.39 is 0 Å². The zero-order chi connectivity index (χ0) is 17.7. The number of hydrogen-bond donors (Lipinski definition) is 3. The van der Waals surface area contributed by atoms with Crippen molar-refractivity contribution in [2.24, 2.45) is 0 Å². The molecule has 0 aliphatic rings. The van der Waals surface area contributed by atoms with Gasteiger partial charge in [-0.1, -0.05) is 25.1 Å². The molecule has 5 heteroatoms. The number of nitrogens with zero attached hydrogens (tertiary/aromatic N) is 1. The van der Waals surface area contributed by atoms with Crippen molar-refractivity contribution in [3.63, 3.8) is 0 Å². The van der Waals surface area contributed by atoms with E-state index in [0.717, 1.165) is 25.9 Å². The molecule has 0 saturated carbocycles. The summed E-state index contributed by atoms with van der Waals surface area (Å²) in [5.74, 6) is -1.01. The van der Waals surface area contributed by atoms with Gasteiger partial charge in [0.05, 0.1) is 5.56 Å². The molecule has 1 aromatic carbocycles. The fraction of sp³-hybridized carbons (Fsp3) is 0.500. The Bertz CT molecular complexity index is 483. The number of allylic oxidation sites excluding steroid dienone is 2. The zero-order valence-corrected chi connectivity index (χ0v) is 14.7. The third-order valence-corrected chi connectivity index (χ3v) is 3.38. The lowest BCUT2D eigenvalue weighted by molar-refractivity contribution is 0.0949.